The molecule has 1 saturated carbocycles. The zero-order valence-electron chi connectivity index (χ0n) is 7.14. The highest BCUT2D eigenvalue weighted by molar-refractivity contribution is 5.07. The summed E-state index contributed by atoms with van der Waals surface area (Å²) in [4.78, 5) is 0. The second kappa shape index (κ2) is 3.28. The maximum atomic E-state index is 9.06. The molecule has 62 valence electrons. The third-order valence-corrected chi connectivity index (χ3v) is 2.95. The molecule has 1 fully saturated rings. The largest absolute Gasteiger partial charge is 0.396 e. The number of terminal acetylenes is 1. The molecule has 11 heavy (non-hydrogen) atoms. The van der Waals surface area contributed by atoms with Gasteiger partial charge < -0.3 is 5.11 Å². The third-order valence-electron chi connectivity index (χ3n) is 2.95. The van der Waals surface area contributed by atoms with Crippen molar-refractivity contribution in [2.24, 2.45) is 11.3 Å². The molecule has 0 bridgehead atoms. The second-order valence-corrected chi connectivity index (χ2v) is 3.69. The summed E-state index contributed by atoms with van der Waals surface area (Å²) in [5.74, 6) is 3.16. The Labute approximate surface area is 68.8 Å². The Morgan fingerprint density at radius 2 is 2.36 bits per heavy atom. The molecule has 0 aromatic carbocycles. The van der Waals surface area contributed by atoms with Crippen LogP contribution in [0, 0.1) is 23.7 Å². The van der Waals surface area contributed by atoms with Crippen LogP contribution >= 0.6 is 0 Å². The standard InChI is InChI=1S/C10H16O/c1-3-10(2)7-5-4-6-9(10)8-11/h1,9,11H,4-8H2,2H3/t9-,10-/m1/s1. The average molecular weight is 152 g/mol. The normalized spacial score (nSPS) is 38.1. The van der Waals surface area contributed by atoms with E-state index < -0.39 is 0 Å². The fraction of sp³-hybridized carbons (Fsp3) is 0.800. The third kappa shape index (κ3) is 1.57. The highest BCUT2D eigenvalue weighted by Gasteiger charge is 2.33. The van der Waals surface area contributed by atoms with Gasteiger partial charge in [0.25, 0.3) is 0 Å². The molecule has 0 aliphatic heterocycles. The highest BCUT2D eigenvalue weighted by Crippen LogP contribution is 2.39. The first-order chi connectivity index (χ1) is 5.23. The van der Waals surface area contributed by atoms with Gasteiger partial charge in [-0.25, -0.2) is 0 Å². The van der Waals surface area contributed by atoms with E-state index in [0.29, 0.717) is 5.92 Å². The van der Waals surface area contributed by atoms with Gasteiger partial charge in [-0.3, -0.25) is 0 Å². The van der Waals surface area contributed by atoms with Crippen LogP contribution in [0.15, 0.2) is 0 Å². The predicted molar refractivity (Wildman–Crippen MR) is 46.0 cm³/mol. The van der Waals surface area contributed by atoms with Crippen molar-refractivity contribution < 1.29 is 5.11 Å². The molecule has 0 aromatic heterocycles. The van der Waals surface area contributed by atoms with Gasteiger partial charge in [0.05, 0.1) is 0 Å². The van der Waals surface area contributed by atoms with Crippen molar-refractivity contribution in [3.8, 4) is 12.3 Å². The van der Waals surface area contributed by atoms with Crippen molar-refractivity contribution in [2.45, 2.75) is 32.6 Å². The smallest absolute Gasteiger partial charge is 0.0473 e. The maximum Gasteiger partial charge on any atom is 0.0473 e. The molecule has 0 spiro atoms. The number of aliphatic hydroxyl groups excluding tert-OH is 1. The summed E-state index contributed by atoms with van der Waals surface area (Å²) in [5, 5.41) is 9.06. The lowest BCUT2D eigenvalue weighted by molar-refractivity contribution is 0.103. The number of aliphatic hydroxyl groups is 1. The van der Waals surface area contributed by atoms with Gasteiger partial charge >= 0.3 is 0 Å². The van der Waals surface area contributed by atoms with Crippen LogP contribution in [0.2, 0.25) is 0 Å². The maximum absolute atomic E-state index is 9.06. The van der Waals surface area contributed by atoms with E-state index in [1.807, 2.05) is 0 Å². The van der Waals surface area contributed by atoms with Crippen molar-refractivity contribution in [1.82, 2.24) is 0 Å². The molecule has 1 aliphatic rings. The Balaban J connectivity index is 2.67. The molecule has 1 N–H and O–H groups in total. The topological polar surface area (TPSA) is 20.2 Å². The van der Waals surface area contributed by atoms with Crippen molar-refractivity contribution in [3.05, 3.63) is 0 Å². The number of rotatable bonds is 1. The van der Waals surface area contributed by atoms with Gasteiger partial charge in [0, 0.05) is 12.0 Å². The van der Waals surface area contributed by atoms with Crippen LogP contribution in [0.5, 0.6) is 0 Å². The minimum absolute atomic E-state index is 0.0347. The highest BCUT2D eigenvalue weighted by atomic mass is 16.3. The van der Waals surface area contributed by atoms with Crippen LogP contribution in [-0.2, 0) is 0 Å². The molecule has 0 aromatic rings. The van der Waals surface area contributed by atoms with E-state index in [2.05, 4.69) is 12.8 Å². The Hall–Kier alpha value is -0.480. The zero-order chi connectivity index (χ0) is 8.32. The second-order valence-electron chi connectivity index (χ2n) is 3.69. The lowest BCUT2D eigenvalue weighted by Crippen LogP contribution is -2.31. The van der Waals surface area contributed by atoms with Gasteiger partial charge in [0.15, 0.2) is 0 Å². The van der Waals surface area contributed by atoms with Gasteiger partial charge in [-0.2, -0.15) is 0 Å². The van der Waals surface area contributed by atoms with Crippen LogP contribution in [0.4, 0.5) is 0 Å². The molecule has 0 radical (unpaired) electrons. The van der Waals surface area contributed by atoms with Crippen LogP contribution in [0.1, 0.15) is 32.6 Å². The first kappa shape index (κ1) is 8.62. The minimum Gasteiger partial charge on any atom is -0.396 e. The molecule has 0 amide bonds. The molecule has 0 saturated heterocycles. The quantitative estimate of drug-likeness (QED) is 0.568. The molecule has 1 heteroatoms. The zero-order valence-corrected chi connectivity index (χ0v) is 7.14. The summed E-state index contributed by atoms with van der Waals surface area (Å²) in [5.41, 5.74) is -0.0347. The fourth-order valence-electron chi connectivity index (χ4n) is 1.89. The Bertz CT molecular complexity index is 168. The number of hydrogen-bond donors (Lipinski definition) is 1. The molecule has 1 nitrogen and oxygen atoms in total. The Kier molecular flexibility index (Phi) is 2.57. The van der Waals surface area contributed by atoms with Gasteiger partial charge in [-0.15, -0.1) is 6.42 Å². The van der Waals surface area contributed by atoms with Crippen LogP contribution in [0.3, 0.4) is 0 Å². The first-order valence-corrected chi connectivity index (χ1v) is 4.31. The van der Waals surface area contributed by atoms with E-state index in [1.54, 1.807) is 0 Å². The van der Waals surface area contributed by atoms with Crippen LogP contribution in [0.25, 0.3) is 0 Å². The summed E-state index contributed by atoms with van der Waals surface area (Å²) in [6.07, 6.45) is 10.1. The van der Waals surface area contributed by atoms with Crippen LogP contribution in [-0.4, -0.2) is 11.7 Å². The molecule has 0 heterocycles. The van der Waals surface area contributed by atoms with Gasteiger partial charge in [-0.1, -0.05) is 18.8 Å². The fourth-order valence-corrected chi connectivity index (χ4v) is 1.89. The van der Waals surface area contributed by atoms with Gasteiger partial charge in [-0.05, 0) is 25.7 Å². The molecule has 0 unspecified atom stereocenters. The molecule has 2 atom stereocenters. The van der Waals surface area contributed by atoms with Gasteiger partial charge in [0.1, 0.15) is 0 Å². The summed E-state index contributed by atoms with van der Waals surface area (Å²) in [6, 6.07) is 0. The van der Waals surface area contributed by atoms with E-state index in [9.17, 15) is 0 Å². The van der Waals surface area contributed by atoms with E-state index >= 15 is 0 Å². The number of hydrogen-bond acceptors (Lipinski definition) is 1. The van der Waals surface area contributed by atoms with E-state index in [4.69, 9.17) is 11.5 Å². The summed E-state index contributed by atoms with van der Waals surface area (Å²) in [6.45, 7) is 2.34. The average Bonchev–Trinajstić information content (AvgIpc) is 2.05. The summed E-state index contributed by atoms with van der Waals surface area (Å²) >= 11 is 0. The lowest BCUT2D eigenvalue weighted by atomic mass is 9.68. The molecule has 1 aliphatic carbocycles. The summed E-state index contributed by atoms with van der Waals surface area (Å²) in [7, 11) is 0. The SMILES string of the molecule is C#C[C@]1(C)CCCC[C@@H]1CO. The predicted octanol–water partition coefficient (Wildman–Crippen LogP) is 1.81. The Morgan fingerprint density at radius 1 is 1.64 bits per heavy atom. The summed E-state index contributed by atoms with van der Waals surface area (Å²) < 4.78 is 0. The minimum atomic E-state index is -0.0347. The lowest BCUT2D eigenvalue weighted by Gasteiger charge is -2.36. The van der Waals surface area contributed by atoms with Crippen molar-refractivity contribution in [2.75, 3.05) is 6.61 Å². The van der Waals surface area contributed by atoms with Crippen LogP contribution < -0.4 is 0 Å². The molecular weight excluding hydrogens is 136 g/mol. The Morgan fingerprint density at radius 3 is 2.82 bits per heavy atom. The molecular formula is C10H16O. The first-order valence-electron chi connectivity index (χ1n) is 4.31. The van der Waals surface area contributed by atoms with E-state index in [-0.39, 0.29) is 12.0 Å². The van der Waals surface area contributed by atoms with Crippen molar-refractivity contribution in [3.63, 3.8) is 0 Å². The molecule has 1 rings (SSSR count). The van der Waals surface area contributed by atoms with Crippen molar-refractivity contribution in [1.29, 1.82) is 0 Å². The van der Waals surface area contributed by atoms with E-state index in [0.717, 1.165) is 12.8 Å². The van der Waals surface area contributed by atoms with E-state index in [1.165, 1.54) is 12.8 Å². The van der Waals surface area contributed by atoms with Crippen molar-refractivity contribution >= 4 is 0 Å². The monoisotopic (exact) mass is 152 g/mol. The van der Waals surface area contributed by atoms with Gasteiger partial charge in [0.2, 0.25) is 0 Å².